The van der Waals surface area contributed by atoms with E-state index < -0.39 is 10.0 Å². The van der Waals surface area contributed by atoms with E-state index in [0.717, 1.165) is 13.0 Å². The Kier molecular flexibility index (Phi) is 5.37. The van der Waals surface area contributed by atoms with Gasteiger partial charge in [0.25, 0.3) is 10.0 Å². The second-order valence-corrected chi connectivity index (χ2v) is 7.84. The summed E-state index contributed by atoms with van der Waals surface area (Å²) in [7, 11) is 2.07. The van der Waals surface area contributed by atoms with E-state index in [-0.39, 0.29) is 5.03 Å². The third-order valence-electron chi connectivity index (χ3n) is 3.58. The zero-order valence-electron chi connectivity index (χ0n) is 13.0. The molecule has 2 N–H and O–H groups in total. The van der Waals surface area contributed by atoms with Crippen molar-refractivity contribution in [2.75, 3.05) is 34.2 Å². The van der Waals surface area contributed by atoms with Crippen LogP contribution in [0.25, 0.3) is 0 Å². The molecule has 0 aliphatic heterocycles. The first-order valence-corrected chi connectivity index (χ1v) is 8.72. The van der Waals surface area contributed by atoms with Crippen molar-refractivity contribution in [1.29, 1.82) is 0 Å². The molecule has 21 heavy (non-hydrogen) atoms. The van der Waals surface area contributed by atoms with E-state index in [0.29, 0.717) is 24.7 Å². The average Bonchev–Trinajstić information content (AvgIpc) is 3.11. The molecule has 1 fully saturated rings. The first-order valence-electron chi connectivity index (χ1n) is 7.28. The molecule has 0 atom stereocenters. The third-order valence-corrected chi connectivity index (χ3v) is 5.46. The lowest BCUT2D eigenvalue weighted by molar-refractivity contribution is 0.369. The van der Waals surface area contributed by atoms with Gasteiger partial charge in [-0.2, -0.15) is 9.40 Å². The molecule has 0 saturated heterocycles. The summed E-state index contributed by atoms with van der Waals surface area (Å²) in [5.41, 5.74) is 0.710. The Hall–Kier alpha value is -0.960. The lowest BCUT2D eigenvalue weighted by atomic mass is 10.3. The number of sulfonamides is 1. The topological polar surface area (TPSA) is 81.3 Å². The van der Waals surface area contributed by atoms with Gasteiger partial charge >= 0.3 is 0 Å². The highest BCUT2D eigenvalue weighted by atomic mass is 32.2. The van der Waals surface area contributed by atoms with E-state index in [4.69, 9.17) is 0 Å². The summed E-state index contributed by atoms with van der Waals surface area (Å²) in [5.74, 6) is 0. The van der Waals surface area contributed by atoms with Gasteiger partial charge in [0, 0.05) is 31.7 Å². The summed E-state index contributed by atoms with van der Waals surface area (Å²) in [6.07, 6.45) is 4.73. The van der Waals surface area contributed by atoms with Gasteiger partial charge in [-0.3, -0.25) is 5.10 Å². The SMILES string of the molecule is CN(C)CCCN(C)S(=O)(=O)c1[nH]ncc1CNC1CC1. The zero-order valence-corrected chi connectivity index (χ0v) is 13.8. The quantitative estimate of drug-likeness (QED) is 0.682. The molecule has 0 spiro atoms. The van der Waals surface area contributed by atoms with Gasteiger partial charge in [-0.15, -0.1) is 0 Å². The van der Waals surface area contributed by atoms with Crippen LogP contribution < -0.4 is 5.32 Å². The van der Waals surface area contributed by atoms with Crippen molar-refractivity contribution in [1.82, 2.24) is 24.7 Å². The number of hydrogen-bond donors (Lipinski definition) is 2. The Morgan fingerprint density at radius 2 is 2.05 bits per heavy atom. The first-order chi connectivity index (χ1) is 9.91. The molecule has 0 unspecified atom stereocenters. The number of nitrogens with zero attached hydrogens (tertiary/aromatic N) is 3. The van der Waals surface area contributed by atoms with Crippen LogP contribution in [0.15, 0.2) is 11.2 Å². The minimum absolute atomic E-state index is 0.211. The van der Waals surface area contributed by atoms with Crippen molar-refractivity contribution in [3.05, 3.63) is 11.8 Å². The van der Waals surface area contributed by atoms with Gasteiger partial charge in [0.2, 0.25) is 0 Å². The maximum absolute atomic E-state index is 12.6. The molecular weight excluding hydrogens is 290 g/mol. The highest BCUT2D eigenvalue weighted by Crippen LogP contribution is 2.21. The molecule has 120 valence electrons. The molecule has 1 aromatic rings. The molecule has 8 heteroatoms. The van der Waals surface area contributed by atoms with Crippen LogP contribution in [-0.2, 0) is 16.6 Å². The monoisotopic (exact) mass is 315 g/mol. The van der Waals surface area contributed by atoms with Gasteiger partial charge in [0.1, 0.15) is 0 Å². The Balaban J connectivity index is 1.98. The Labute approximate surface area is 126 Å². The normalized spacial score (nSPS) is 16.0. The van der Waals surface area contributed by atoms with Crippen molar-refractivity contribution in [2.24, 2.45) is 0 Å². The predicted octanol–water partition coefficient (Wildman–Crippen LogP) is 0.234. The molecule has 1 aromatic heterocycles. The maximum Gasteiger partial charge on any atom is 0.260 e. The van der Waals surface area contributed by atoms with Gasteiger partial charge in [-0.25, -0.2) is 8.42 Å². The molecular formula is C13H25N5O2S. The van der Waals surface area contributed by atoms with Crippen LogP contribution in [0, 0.1) is 0 Å². The molecule has 7 nitrogen and oxygen atoms in total. The lowest BCUT2D eigenvalue weighted by Gasteiger charge is -2.18. The third kappa shape index (κ3) is 4.50. The molecule has 1 heterocycles. The molecule has 0 radical (unpaired) electrons. The number of hydrogen-bond acceptors (Lipinski definition) is 5. The Bertz CT molecular complexity index is 551. The predicted molar refractivity (Wildman–Crippen MR) is 81.4 cm³/mol. The van der Waals surface area contributed by atoms with Gasteiger partial charge < -0.3 is 10.2 Å². The number of H-pyrrole nitrogens is 1. The molecule has 0 aromatic carbocycles. The van der Waals surface area contributed by atoms with E-state index in [1.807, 2.05) is 19.0 Å². The Morgan fingerprint density at radius 3 is 2.67 bits per heavy atom. The first kappa shape index (κ1) is 16.4. The van der Waals surface area contributed by atoms with E-state index in [2.05, 4.69) is 15.5 Å². The van der Waals surface area contributed by atoms with Crippen LogP contribution in [0.3, 0.4) is 0 Å². The fourth-order valence-corrected chi connectivity index (χ4v) is 3.38. The van der Waals surface area contributed by atoms with Gasteiger partial charge in [0.15, 0.2) is 5.03 Å². The molecule has 2 rings (SSSR count). The minimum atomic E-state index is -3.49. The average molecular weight is 315 g/mol. The zero-order chi connectivity index (χ0) is 15.5. The Morgan fingerprint density at radius 1 is 1.33 bits per heavy atom. The largest absolute Gasteiger partial charge is 0.310 e. The van der Waals surface area contributed by atoms with Gasteiger partial charge in [0.05, 0.1) is 6.20 Å². The maximum atomic E-state index is 12.6. The van der Waals surface area contributed by atoms with Crippen LogP contribution in [-0.4, -0.2) is 68.1 Å². The number of rotatable bonds is 9. The second-order valence-electron chi connectivity index (χ2n) is 5.86. The van der Waals surface area contributed by atoms with Crippen LogP contribution in [0.1, 0.15) is 24.8 Å². The van der Waals surface area contributed by atoms with Crippen molar-refractivity contribution < 1.29 is 8.42 Å². The highest BCUT2D eigenvalue weighted by Gasteiger charge is 2.27. The summed E-state index contributed by atoms with van der Waals surface area (Å²) >= 11 is 0. The smallest absolute Gasteiger partial charge is 0.260 e. The molecule has 0 bridgehead atoms. The molecule has 1 saturated carbocycles. The van der Waals surface area contributed by atoms with Crippen LogP contribution in [0.5, 0.6) is 0 Å². The fourth-order valence-electron chi connectivity index (χ4n) is 2.08. The number of aromatic nitrogens is 2. The van der Waals surface area contributed by atoms with E-state index in [1.165, 1.54) is 17.1 Å². The van der Waals surface area contributed by atoms with Crippen molar-refractivity contribution >= 4 is 10.0 Å². The second kappa shape index (κ2) is 6.87. The van der Waals surface area contributed by atoms with Crippen molar-refractivity contribution in [2.45, 2.75) is 36.9 Å². The molecule has 1 aliphatic carbocycles. The minimum Gasteiger partial charge on any atom is -0.310 e. The summed E-state index contributed by atoms with van der Waals surface area (Å²) in [5, 5.41) is 10.1. The van der Waals surface area contributed by atoms with Crippen molar-refractivity contribution in [3.8, 4) is 0 Å². The van der Waals surface area contributed by atoms with E-state index in [9.17, 15) is 8.42 Å². The van der Waals surface area contributed by atoms with E-state index in [1.54, 1.807) is 13.2 Å². The summed E-state index contributed by atoms with van der Waals surface area (Å²) < 4.78 is 26.5. The number of aromatic amines is 1. The van der Waals surface area contributed by atoms with Crippen molar-refractivity contribution in [3.63, 3.8) is 0 Å². The van der Waals surface area contributed by atoms with Crippen LogP contribution in [0.2, 0.25) is 0 Å². The lowest BCUT2D eigenvalue weighted by Crippen LogP contribution is -2.31. The van der Waals surface area contributed by atoms with E-state index >= 15 is 0 Å². The molecule has 0 amide bonds. The summed E-state index contributed by atoms with van der Waals surface area (Å²) in [6, 6.07) is 0.535. The molecule has 1 aliphatic rings. The number of nitrogens with one attached hydrogen (secondary N) is 2. The fraction of sp³-hybridized carbons (Fsp3) is 0.769. The standard InChI is InChI=1S/C13H25N5O2S/c1-17(2)7-4-8-18(3)21(19,20)13-11(10-15-16-13)9-14-12-5-6-12/h10,12,14H,4-9H2,1-3H3,(H,15,16). The van der Waals surface area contributed by atoms with Crippen LogP contribution in [0.4, 0.5) is 0 Å². The van der Waals surface area contributed by atoms with Gasteiger partial charge in [-0.1, -0.05) is 0 Å². The summed E-state index contributed by atoms with van der Waals surface area (Å²) in [4.78, 5) is 2.04. The van der Waals surface area contributed by atoms with Gasteiger partial charge in [-0.05, 0) is 39.9 Å². The van der Waals surface area contributed by atoms with Crippen LogP contribution >= 0.6 is 0 Å². The highest BCUT2D eigenvalue weighted by molar-refractivity contribution is 7.89. The summed E-state index contributed by atoms with van der Waals surface area (Å²) in [6.45, 7) is 1.90.